The Morgan fingerprint density at radius 1 is 0.913 bits per heavy atom. The van der Waals surface area contributed by atoms with Gasteiger partial charge in [-0.25, -0.2) is 0 Å². The molecule has 0 spiro atoms. The summed E-state index contributed by atoms with van der Waals surface area (Å²) in [6.07, 6.45) is 7.43. The molecule has 2 aliphatic rings. The van der Waals surface area contributed by atoms with Gasteiger partial charge in [0.15, 0.2) is 6.29 Å². The molecule has 244 valence electrons. The zero-order valence-electron chi connectivity index (χ0n) is 26.5. The first kappa shape index (κ1) is 33.5. The van der Waals surface area contributed by atoms with E-state index in [0.717, 1.165) is 52.9 Å². The number of aliphatic carboxylic acids is 1. The predicted octanol–water partition coefficient (Wildman–Crippen LogP) is 6.69. The summed E-state index contributed by atoms with van der Waals surface area (Å²) in [4.78, 5) is 25.4. The molecule has 3 unspecified atom stereocenters. The molecular formula is C38H46N2O6. The van der Waals surface area contributed by atoms with Gasteiger partial charge in [0.05, 0.1) is 18.8 Å². The number of rotatable bonds is 15. The summed E-state index contributed by atoms with van der Waals surface area (Å²) in [7, 11) is 0. The van der Waals surface area contributed by atoms with Crippen molar-refractivity contribution in [3.05, 3.63) is 108 Å². The molecule has 3 N–H and O–H groups in total. The van der Waals surface area contributed by atoms with Crippen molar-refractivity contribution in [2.45, 2.75) is 89.1 Å². The predicted molar refractivity (Wildman–Crippen MR) is 178 cm³/mol. The van der Waals surface area contributed by atoms with E-state index in [9.17, 15) is 14.7 Å². The summed E-state index contributed by atoms with van der Waals surface area (Å²) in [6.45, 7) is 6.04. The lowest BCUT2D eigenvalue weighted by Crippen LogP contribution is -2.43. The van der Waals surface area contributed by atoms with Crippen molar-refractivity contribution >= 4 is 11.9 Å². The van der Waals surface area contributed by atoms with E-state index in [1.54, 1.807) is 0 Å². The fraction of sp³-hybridized carbons (Fsp3) is 0.421. The van der Waals surface area contributed by atoms with Crippen LogP contribution in [0.5, 0.6) is 0 Å². The van der Waals surface area contributed by atoms with Crippen LogP contribution in [0.4, 0.5) is 0 Å². The number of aliphatic hydroxyl groups is 1. The topological polar surface area (TPSA) is 108 Å². The molecule has 8 heteroatoms. The molecule has 1 saturated heterocycles. The zero-order chi connectivity index (χ0) is 32.3. The lowest BCUT2D eigenvalue weighted by molar-refractivity contribution is -0.253. The standard InChI is InChI=1S/C38H46N2O6/c1-2-20-40(33-12-3-4-13-33)25-34-23-35(29-18-16-27(26-41)17-19-29)46-38(45-34)32-11-6-10-31(22-32)30-9-5-8-28(21-30)24-39-36(42)14-7-15-37(43)44/h2,5-6,8-11,16-19,21-22,33-35,38,41H,1,3-4,7,12-15,20,23-26H2,(H,39,42)(H,43,44). The molecule has 0 aromatic heterocycles. The largest absolute Gasteiger partial charge is 0.481 e. The highest BCUT2D eigenvalue weighted by Crippen LogP contribution is 2.39. The third kappa shape index (κ3) is 9.36. The molecule has 1 heterocycles. The Kier molecular flexibility index (Phi) is 12.1. The summed E-state index contributed by atoms with van der Waals surface area (Å²) >= 11 is 0. The third-order valence-corrected chi connectivity index (χ3v) is 8.96. The van der Waals surface area contributed by atoms with E-state index >= 15 is 0 Å². The second-order valence-electron chi connectivity index (χ2n) is 12.4. The van der Waals surface area contributed by atoms with Crippen LogP contribution < -0.4 is 5.32 Å². The Hall–Kier alpha value is -3.82. The Morgan fingerprint density at radius 3 is 2.37 bits per heavy atom. The number of carbonyl (C=O) groups is 2. The van der Waals surface area contributed by atoms with E-state index in [2.05, 4.69) is 35.0 Å². The normalized spacial score (nSPS) is 20.1. The quantitative estimate of drug-likeness (QED) is 0.161. The SMILES string of the molecule is C=CCN(CC1CC(c2ccc(CO)cc2)OC(c2cccc(-c3cccc(CNC(=O)CCCC(=O)O)c3)c2)O1)C1CCCC1. The first-order chi connectivity index (χ1) is 22.4. The molecule has 1 aliphatic carbocycles. The zero-order valence-corrected chi connectivity index (χ0v) is 26.5. The van der Waals surface area contributed by atoms with Gasteiger partial charge in [-0.15, -0.1) is 6.58 Å². The van der Waals surface area contributed by atoms with E-state index < -0.39 is 12.3 Å². The van der Waals surface area contributed by atoms with Crippen LogP contribution in [0.15, 0.2) is 85.5 Å². The molecule has 3 atom stereocenters. The third-order valence-electron chi connectivity index (χ3n) is 8.96. The number of hydrogen-bond donors (Lipinski definition) is 3. The van der Waals surface area contributed by atoms with Crippen LogP contribution in [0, 0.1) is 0 Å². The lowest BCUT2D eigenvalue weighted by atomic mass is 9.98. The number of hydrogen-bond acceptors (Lipinski definition) is 6. The van der Waals surface area contributed by atoms with Gasteiger partial charge in [0.1, 0.15) is 0 Å². The van der Waals surface area contributed by atoms with Crippen molar-refractivity contribution in [3.8, 4) is 11.1 Å². The molecule has 3 aromatic rings. The van der Waals surface area contributed by atoms with Crippen LogP contribution in [0.2, 0.25) is 0 Å². The highest BCUT2D eigenvalue weighted by atomic mass is 16.7. The summed E-state index contributed by atoms with van der Waals surface area (Å²) in [5.41, 5.74) is 5.87. The van der Waals surface area contributed by atoms with Crippen LogP contribution in [0.3, 0.4) is 0 Å². The van der Waals surface area contributed by atoms with Crippen LogP contribution in [0.1, 0.15) is 86.0 Å². The molecule has 1 amide bonds. The van der Waals surface area contributed by atoms with Crippen molar-refractivity contribution < 1.29 is 29.3 Å². The number of carboxylic acids is 1. The molecular weight excluding hydrogens is 580 g/mol. The second kappa shape index (κ2) is 16.7. The molecule has 1 saturated carbocycles. The Labute approximate surface area is 272 Å². The van der Waals surface area contributed by atoms with Crippen LogP contribution in [-0.4, -0.2) is 52.2 Å². The first-order valence-electron chi connectivity index (χ1n) is 16.4. The number of nitrogens with zero attached hydrogens (tertiary/aromatic N) is 1. The van der Waals surface area contributed by atoms with Gasteiger partial charge in [0, 0.05) is 50.5 Å². The number of carbonyl (C=O) groups excluding carboxylic acids is 1. The van der Waals surface area contributed by atoms with Crippen LogP contribution >= 0.6 is 0 Å². The highest BCUT2D eigenvalue weighted by molar-refractivity contribution is 5.76. The van der Waals surface area contributed by atoms with Gasteiger partial charge in [-0.2, -0.15) is 0 Å². The molecule has 0 bridgehead atoms. The van der Waals surface area contributed by atoms with Gasteiger partial charge in [0.25, 0.3) is 0 Å². The van der Waals surface area contributed by atoms with E-state index in [1.165, 1.54) is 25.7 Å². The molecule has 5 rings (SSSR count). The molecule has 46 heavy (non-hydrogen) atoms. The Balaban J connectivity index is 1.33. The van der Waals surface area contributed by atoms with Gasteiger partial charge < -0.3 is 25.0 Å². The minimum Gasteiger partial charge on any atom is -0.481 e. The van der Waals surface area contributed by atoms with Crippen LogP contribution in [-0.2, 0) is 32.2 Å². The van der Waals surface area contributed by atoms with Crippen molar-refractivity contribution in [3.63, 3.8) is 0 Å². The molecule has 0 radical (unpaired) electrons. The minimum atomic E-state index is -0.895. The van der Waals surface area contributed by atoms with Crippen molar-refractivity contribution in [1.82, 2.24) is 10.2 Å². The van der Waals surface area contributed by atoms with Gasteiger partial charge >= 0.3 is 5.97 Å². The number of carboxylic acid groups (broad SMARTS) is 1. The molecule has 1 aliphatic heterocycles. The Bertz CT molecular complexity index is 1450. The van der Waals surface area contributed by atoms with Crippen molar-refractivity contribution in [2.75, 3.05) is 13.1 Å². The monoisotopic (exact) mass is 626 g/mol. The smallest absolute Gasteiger partial charge is 0.303 e. The number of ether oxygens (including phenoxy) is 2. The van der Waals surface area contributed by atoms with Gasteiger partial charge in [-0.1, -0.05) is 79.6 Å². The minimum absolute atomic E-state index is 0.00518. The van der Waals surface area contributed by atoms with E-state index in [4.69, 9.17) is 14.6 Å². The Morgan fingerprint density at radius 2 is 1.65 bits per heavy atom. The number of amides is 1. The number of aliphatic hydroxyl groups excluding tert-OH is 1. The van der Waals surface area contributed by atoms with Crippen molar-refractivity contribution in [2.24, 2.45) is 0 Å². The maximum absolute atomic E-state index is 12.2. The number of nitrogens with one attached hydrogen (secondary N) is 1. The van der Waals surface area contributed by atoms with Gasteiger partial charge in [-0.3, -0.25) is 14.5 Å². The average Bonchev–Trinajstić information content (AvgIpc) is 3.62. The summed E-state index contributed by atoms with van der Waals surface area (Å²) in [5.74, 6) is -1.05. The lowest BCUT2D eigenvalue weighted by Gasteiger charge is -2.39. The van der Waals surface area contributed by atoms with E-state index in [-0.39, 0.29) is 37.6 Å². The maximum Gasteiger partial charge on any atom is 0.303 e. The average molecular weight is 627 g/mol. The molecule has 2 fully saturated rings. The summed E-state index contributed by atoms with van der Waals surface area (Å²) in [5, 5.41) is 21.3. The van der Waals surface area contributed by atoms with Crippen LogP contribution in [0.25, 0.3) is 11.1 Å². The summed E-state index contributed by atoms with van der Waals surface area (Å²) in [6, 6.07) is 24.8. The van der Waals surface area contributed by atoms with Gasteiger partial charge in [-0.05, 0) is 59.2 Å². The highest BCUT2D eigenvalue weighted by Gasteiger charge is 2.34. The molecule has 3 aromatic carbocycles. The maximum atomic E-state index is 12.2. The first-order valence-corrected chi connectivity index (χ1v) is 16.4. The van der Waals surface area contributed by atoms with Gasteiger partial charge in [0.2, 0.25) is 5.91 Å². The number of benzene rings is 3. The molecule has 8 nitrogen and oxygen atoms in total. The summed E-state index contributed by atoms with van der Waals surface area (Å²) < 4.78 is 13.4. The second-order valence-corrected chi connectivity index (χ2v) is 12.4. The fourth-order valence-electron chi connectivity index (χ4n) is 6.52. The van der Waals surface area contributed by atoms with E-state index in [0.29, 0.717) is 19.0 Å². The van der Waals surface area contributed by atoms with Crippen molar-refractivity contribution in [1.29, 1.82) is 0 Å². The fourth-order valence-corrected chi connectivity index (χ4v) is 6.52. The van der Waals surface area contributed by atoms with E-state index in [1.807, 2.05) is 60.7 Å².